The number of benzene rings is 2. The molecule has 1 amide bonds. The molecule has 10 nitrogen and oxygen atoms in total. The van der Waals surface area contributed by atoms with E-state index >= 15 is 0 Å². The van der Waals surface area contributed by atoms with Crippen LogP contribution in [-0.2, 0) is 33.8 Å². The van der Waals surface area contributed by atoms with Crippen LogP contribution in [0.2, 0.25) is 5.02 Å². The van der Waals surface area contributed by atoms with E-state index in [0.717, 1.165) is 79.9 Å². The third-order valence-corrected chi connectivity index (χ3v) is 11.0. The summed E-state index contributed by atoms with van der Waals surface area (Å²) in [6.45, 7) is 7.33. The summed E-state index contributed by atoms with van der Waals surface area (Å²) in [6, 6.07) is 19.6. The summed E-state index contributed by atoms with van der Waals surface area (Å²) in [7, 11) is 0. The molecular weight excluding hydrogens is 708 g/mol. The number of esters is 1. The summed E-state index contributed by atoms with van der Waals surface area (Å²) in [5, 5.41) is 10.5. The molecule has 5 aromatic rings. The number of pyridine rings is 1. The number of carbonyl (C=O) groups excluding carboxylic acids is 2. The molecule has 0 N–H and O–H groups in total. The molecule has 0 aliphatic carbocycles. The minimum Gasteiger partial charge on any atom is -0.466 e. The largest absolute Gasteiger partial charge is 0.466 e. The molecule has 2 aliphatic rings. The fourth-order valence-corrected chi connectivity index (χ4v) is 8.50. The lowest BCUT2D eigenvalue weighted by atomic mass is 9.95. The number of aryl methyl sites for hydroxylation is 1. The van der Waals surface area contributed by atoms with Crippen LogP contribution in [0, 0.1) is 6.92 Å². The highest BCUT2D eigenvalue weighted by Crippen LogP contribution is 2.42. The van der Waals surface area contributed by atoms with Crippen LogP contribution in [0.15, 0.2) is 84.1 Å². The van der Waals surface area contributed by atoms with Gasteiger partial charge in [-0.05, 0) is 80.9 Å². The molecular formula is C41H41ClN6O4S. The number of rotatable bonds is 11. The summed E-state index contributed by atoms with van der Waals surface area (Å²) in [6.07, 6.45) is 9.01. The van der Waals surface area contributed by atoms with Crippen LogP contribution in [0.3, 0.4) is 0 Å². The first-order valence-corrected chi connectivity index (χ1v) is 19.2. The highest BCUT2D eigenvalue weighted by atomic mass is 35.5. The van der Waals surface area contributed by atoms with Gasteiger partial charge in [0.15, 0.2) is 5.82 Å². The van der Waals surface area contributed by atoms with Gasteiger partial charge in [-0.2, -0.15) is 0 Å². The van der Waals surface area contributed by atoms with Crippen LogP contribution >= 0.6 is 22.9 Å². The fraction of sp³-hybridized carbons (Fsp3) is 0.317. The molecule has 0 fully saturated rings. The molecule has 0 saturated heterocycles. The van der Waals surface area contributed by atoms with Gasteiger partial charge in [0.25, 0.3) is 0 Å². The lowest BCUT2D eigenvalue weighted by Gasteiger charge is -2.27. The molecule has 272 valence electrons. The van der Waals surface area contributed by atoms with Crippen molar-refractivity contribution >= 4 is 46.3 Å². The van der Waals surface area contributed by atoms with E-state index in [1.807, 2.05) is 87.6 Å². The number of halogens is 1. The Balaban J connectivity index is 1.04. The van der Waals surface area contributed by atoms with Crippen molar-refractivity contribution in [1.29, 1.82) is 0 Å². The van der Waals surface area contributed by atoms with Gasteiger partial charge in [0.1, 0.15) is 23.5 Å². The Kier molecular flexibility index (Phi) is 11.1. The van der Waals surface area contributed by atoms with Gasteiger partial charge in [-0.1, -0.05) is 66.2 Å². The summed E-state index contributed by atoms with van der Waals surface area (Å²) < 4.78 is 13.0. The van der Waals surface area contributed by atoms with Crippen molar-refractivity contribution in [2.45, 2.75) is 72.1 Å². The fourth-order valence-electron chi connectivity index (χ4n) is 6.85. The van der Waals surface area contributed by atoms with Gasteiger partial charge < -0.3 is 14.4 Å². The second-order valence-corrected chi connectivity index (χ2v) is 14.6. The van der Waals surface area contributed by atoms with E-state index < -0.39 is 0 Å². The van der Waals surface area contributed by atoms with Gasteiger partial charge in [0.2, 0.25) is 0 Å². The monoisotopic (exact) mass is 748 g/mol. The summed E-state index contributed by atoms with van der Waals surface area (Å²) in [5.74, 6) is 1.42. The van der Waals surface area contributed by atoms with Crippen LogP contribution in [0.4, 0.5) is 4.79 Å². The molecule has 1 atom stereocenters. The maximum absolute atomic E-state index is 13.5. The van der Waals surface area contributed by atoms with Crippen LogP contribution in [-0.4, -0.2) is 55.6 Å². The first kappa shape index (κ1) is 36.2. The predicted octanol–water partition coefficient (Wildman–Crippen LogP) is 8.85. The number of hydrogen-bond acceptors (Lipinski definition) is 9. The van der Waals surface area contributed by atoms with Gasteiger partial charge in [-0.25, -0.2) is 4.79 Å². The molecule has 12 heteroatoms. The predicted molar refractivity (Wildman–Crippen MR) is 207 cm³/mol. The SMILES string of the molecule is CCOC(=O)CCCC/C=C(\c1ccc(COC(=O)N2CCc3c(sc4c3C(c3ccccc3Cl)=NC(C)c3nnc(C)n3-4)C2)cc1)c1cccnc1. The second-order valence-electron chi connectivity index (χ2n) is 13.1. The number of ether oxygens (including phenoxy) is 2. The average Bonchev–Trinajstić information content (AvgIpc) is 3.71. The van der Waals surface area contributed by atoms with E-state index in [9.17, 15) is 9.59 Å². The zero-order valence-corrected chi connectivity index (χ0v) is 31.6. The maximum atomic E-state index is 13.5. The van der Waals surface area contributed by atoms with Crippen molar-refractivity contribution in [1.82, 2.24) is 24.6 Å². The van der Waals surface area contributed by atoms with Gasteiger partial charge in [0, 0.05) is 51.9 Å². The van der Waals surface area contributed by atoms with Gasteiger partial charge in [0.05, 0.1) is 18.9 Å². The molecule has 2 aliphatic heterocycles. The van der Waals surface area contributed by atoms with Gasteiger partial charge >= 0.3 is 12.1 Å². The molecule has 0 radical (unpaired) electrons. The number of nitrogens with zero attached hydrogens (tertiary/aromatic N) is 6. The van der Waals surface area contributed by atoms with E-state index in [-0.39, 0.29) is 24.7 Å². The van der Waals surface area contributed by atoms with Crippen molar-refractivity contribution in [3.63, 3.8) is 0 Å². The van der Waals surface area contributed by atoms with Crippen LogP contribution < -0.4 is 0 Å². The molecule has 1 unspecified atom stereocenters. The summed E-state index contributed by atoms with van der Waals surface area (Å²) in [4.78, 5) is 37.5. The molecule has 53 heavy (non-hydrogen) atoms. The smallest absolute Gasteiger partial charge is 0.410 e. The second kappa shape index (κ2) is 16.3. The molecule has 3 aromatic heterocycles. The van der Waals surface area contributed by atoms with Crippen molar-refractivity contribution in [2.24, 2.45) is 4.99 Å². The number of unbranched alkanes of at least 4 members (excludes halogenated alkanes) is 2. The third-order valence-electron chi connectivity index (χ3n) is 9.50. The Hall–Kier alpha value is -5.13. The minimum atomic E-state index is -0.350. The van der Waals surface area contributed by atoms with E-state index in [4.69, 9.17) is 26.1 Å². The van der Waals surface area contributed by atoms with E-state index in [0.29, 0.717) is 37.6 Å². The van der Waals surface area contributed by atoms with E-state index in [1.54, 1.807) is 22.4 Å². The highest BCUT2D eigenvalue weighted by molar-refractivity contribution is 7.15. The average molecular weight is 749 g/mol. The number of aliphatic imine (C=N–C) groups is 1. The number of fused-ring (bicyclic) bond motifs is 5. The molecule has 2 aromatic carbocycles. The normalized spacial score (nSPS) is 15.2. The quantitative estimate of drug-likeness (QED) is 0.0980. The number of aromatic nitrogens is 4. The van der Waals surface area contributed by atoms with Crippen molar-refractivity contribution in [3.8, 4) is 5.00 Å². The van der Waals surface area contributed by atoms with Crippen LogP contribution in [0.25, 0.3) is 10.6 Å². The minimum absolute atomic E-state index is 0.153. The standard InChI is InChI=1S/C41H41ClN6O4S/c1-4-51-36(49)15-7-5-6-12-31(30-11-10-21-43-23-30)29-18-16-28(17-19-29)25-52-41(50)47-22-20-33-35(24-47)53-40-37(33)38(32-13-8-9-14-34(32)42)44-26(2)39-46-45-27(3)48(39)40/h8-14,16-19,21,23,26H,4-7,15,20,22,24-25H2,1-3H3/b31-12+. The molecule has 0 saturated carbocycles. The van der Waals surface area contributed by atoms with Crippen molar-refractivity contribution in [2.75, 3.05) is 13.2 Å². The third kappa shape index (κ3) is 7.82. The molecule has 7 rings (SSSR count). The Morgan fingerprint density at radius 3 is 2.62 bits per heavy atom. The summed E-state index contributed by atoms with van der Waals surface area (Å²) in [5.41, 5.74) is 7.96. The topological polar surface area (TPSA) is 112 Å². The lowest BCUT2D eigenvalue weighted by Crippen LogP contribution is -2.36. The Labute approximate surface area is 318 Å². The van der Waals surface area contributed by atoms with E-state index in [1.165, 1.54) is 5.56 Å². The van der Waals surface area contributed by atoms with Crippen LogP contribution in [0.5, 0.6) is 0 Å². The first-order valence-electron chi connectivity index (χ1n) is 18.0. The van der Waals surface area contributed by atoms with E-state index in [2.05, 4.69) is 25.8 Å². The molecule has 0 spiro atoms. The Morgan fingerprint density at radius 2 is 1.85 bits per heavy atom. The Bertz CT molecular complexity index is 2180. The first-order chi connectivity index (χ1) is 25.8. The zero-order chi connectivity index (χ0) is 36.9. The maximum Gasteiger partial charge on any atom is 0.410 e. The zero-order valence-electron chi connectivity index (χ0n) is 30.0. The lowest BCUT2D eigenvalue weighted by molar-refractivity contribution is -0.143. The van der Waals surface area contributed by atoms with Crippen molar-refractivity contribution < 1.29 is 19.1 Å². The summed E-state index contributed by atoms with van der Waals surface area (Å²) >= 11 is 8.39. The van der Waals surface area contributed by atoms with Gasteiger partial charge in [-0.15, -0.1) is 21.5 Å². The van der Waals surface area contributed by atoms with Gasteiger partial charge in [-0.3, -0.25) is 19.3 Å². The van der Waals surface area contributed by atoms with Crippen LogP contribution in [0.1, 0.15) is 95.5 Å². The number of thiophene rings is 1. The number of allylic oxidation sites excluding steroid dienone is 1. The number of carbonyl (C=O) groups is 2. The number of amides is 1. The molecule has 5 heterocycles. The number of hydrogen-bond donors (Lipinski definition) is 0. The van der Waals surface area contributed by atoms with Crippen molar-refractivity contribution in [3.05, 3.63) is 134 Å². The highest BCUT2D eigenvalue weighted by Gasteiger charge is 2.35. The Morgan fingerprint density at radius 1 is 1.02 bits per heavy atom. The molecule has 0 bridgehead atoms.